The predicted molar refractivity (Wildman–Crippen MR) is 90.1 cm³/mol. The maximum atomic E-state index is 12.9. The number of fused-ring (bicyclic) bond motifs is 2. The van der Waals surface area contributed by atoms with E-state index in [-0.39, 0.29) is 16.9 Å². The fourth-order valence-corrected chi connectivity index (χ4v) is 4.26. The van der Waals surface area contributed by atoms with Gasteiger partial charge in [-0.25, -0.2) is 0 Å². The molecule has 3 heterocycles. The van der Waals surface area contributed by atoms with Gasteiger partial charge in [0.1, 0.15) is 0 Å². The van der Waals surface area contributed by atoms with Gasteiger partial charge in [-0.15, -0.1) is 0 Å². The molecule has 1 aliphatic heterocycles. The number of hydrogen-bond acceptors (Lipinski definition) is 3. The minimum absolute atomic E-state index is 0.0121. The summed E-state index contributed by atoms with van der Waals surface area (Å²) < 4.78 is 1.60. The zero-order valence-corrected chi connectivity index (χ0v) is 13.9. The first-order chi connectivity index (χ1) is 11.6. The standard InChI is InChI=1S/C18H22N4O2/c1-2-21-9-5-13(10-15(21)23)17(24)22-8-3-6-18(12-22)7-4-14-11-19-20-16(14)18/h5,9-11H,2-4,6-8,12H2,1H3,(H,19,20). The molecule has 24 heavy (non-hydrogen) atoms. The van der Waals surface area contributed by atoms with Crippen molar-refractivity contribution in [3.8, 4) is 0 Å². The first kappa shape index (κ1) is 15.2. The van der Waals surface area contributed by atoms with Crippen molar-refractivity contribution in [2.24, 2.45) is 0 Å². The van der Waals surface area contributed by atoms with E-state index < -0.39 is 0 Å². The van der Waals surface area contributed by atoms with E-state index in [1.54, 1.807) is 16.8 Å². The normalized spacial score (nSPS) is 22.8. The van der Waals surface area contributed by atoms with Crippen molar-refractivity contribution in [2.75, 3.05) is 13.1 Å². The molecule has 1 saturated heterocycles. The third-order valence-electron chi connectivity index (χ3n) is 5.57. The van der Waals surface area contributed by atoms with Crippen LogP contribution >= 0.6 is 0 Å². The monoisotopic (exact) mass is 326 g/mol. The van der Waals surface area contributed by atoms with E-state index in [4.69, 9.17) is 0 Å². The molecule has 1 aliphatic carbocycles. The highest BCUT2D eigenvalue weighted by molar-refractivity contribution is 5.94. The summed E-state index contributed by atoms with van der Waals surface area (Å²) in [5.41, 5.74) is 2.88. The van der Waals surface area contributed by atoms with Gasteiger partial charge in [0.2, 0.25) is 0 Å². The van der Waals surface area contributed by atoms with E-state index in [1.165, 1.54) is 17.3 Å². The zero-order chi connectivity index (χ0) is 16.7. The van der Waals surface area contributed by atoms with Gasteiger partial charge in [0, 0.05) is 48.6 Å². The smallest absolute Gasteiger partial charge is 0.254 e. The number of carbonyl (C=O) groups is 1. The van der Waals surface area contributed by atoms with Gasteiger partial charge in [-0.05, 0) is 44.2 Å². The first-order valence-electron chi connectivity index (χ1n) is 8.65. The van der Waals surface area contributed by atoms with Crippen LogP contribution in [-0.2, 0) is 18.4 Å². The lowest BCUT2D eigenvalue weighted by atomic mass is 9.77. The molecule has 1 fully saturated rings. The lowest BCUT2D eigenvalue weighted by Gasteiger charge is -2.40. The Morgan fingerprint density at radius 1 is 1.42 bits per heavy atom. The fraction of sp³-hybridized carbons (Fsp3) is 0.500. The number of piperidine rings is 1. The molecule has 6 nitrogen and oxygen atoms in total. The number of rotatable bonds is 2. The molecule has 0 bridgehead atoms. The fourth-order valence-electron chi connectivity index (χ4n) is 4.26. The van der Waals surface area contributed by atoms with Crippen LogP contribution in [0.2, 0.25) is 0 Å². The minimum Gasteiger partial charge on any atom is -0.338 e. The second kappa shape index (κ2) is 5.61. The zero-order valence-electron chi connectivity index (χ0n) is 13.9. The number of pyridine rings is 1. The molecule has 4 rings (SSSR count). The Hall–Kier alpha value is -2.37. The van der Waals surface area contributed by atoms with Gasteiger partial charge in [-0.3, -0.25) is 14.7 Å². The quantitative estimate of drug-likeness (QED) is 0.913. The van der Waals surface area contributed by atoms with E-state index in [0.717, 1.165) is 32.2 Å². The number of likely N-dealkylation sites (tertiary alicyclic amines) is 1. The van der Waals surface area contributed by atoms with Gasteiger partial charge in [-0.2, -0.15) is 5.10 Å². The van der Waals surface area contributed by atoms with Crippen LogP contribution in [0.5, 0.6) is 0 Å². The summed E-state index contributed by atoms with van der Waals surface area (Å²) in [6.45, 7) is 3.99. The van der Waals surface area contributed by atoms with E-state index >= 15 is 0 Å². The molecule has 1 spiro atoms. The highest BCUT2D eigenvalue weighted by Crippen LogP contribution is 2.43. The molecule has 1 amide bonds. The first-order valence-corrected chi connectivity index (χ1v) is 8.65. The molecular formula is C18H22N4O2. The van der Waals surface area contributed by atoms with Crippen LogP contribution in [0.4, 0.5) is 0 Å². The van der Waals surface area contributed by atoms with Crippen molar-refractivity contribution in [1.82, 2.24) is 19.7 Å². The van der Waals surface area contributed by atoms with Gasteiger partial charge < -0.3 is 9.47 Å². The summed E-state index contributed by atoms with van der Waals surface area (Å²) in [4.78, 5) is 26.8. The Morgan fingerprint density at radius 2 is 2.29 bits per heavy atom. The molecular weight excluding hydrogens is 304 g/mol. The molecule has 126 valence electrons. The minimum atomic E-state index is -0.119. The summed E-state index contributed by atoms with van der Waals surface area (Å²) in [5.74, 6) is -0.0395. The SMILES string of the molecule is CCn1ccc(C(=O)N2CCCC3(CCc4cn[nH]c43)C2)cc1=O. The molecule has 2 aliphatic rings. The van der Waals surface area contributed by atoms with Crippen molar-refractivity contribution in [3.05, 3.63) is 51.7 Å². The average molecular weight is 326 g/mol. The number of carbonyl (C=O) groups excluding carboxylic acids is 1. The van der Waals surface area contributed by atoms with Gasteiger partial charge >= 0.3 is 0 Å². The summed E-state index contributed by atoms with van der Waals surface area (Å²) in [6.07, 6.45) is 7.78. The number of nitrogens with zero attached hydrogens (tertiary/aromatic N) is 3. The highest BCUT2D eigenvalue weighted by atomic mass is 16.2. The lowest BCUT2D eigenvalue weighted by Crippen LogP contribution is -2.48. The van der Waals surface area contributed by atoms with Gasteiger partial charge in [-0.1, -0.05) is 0 Å². The highest BCUT2D eigenvalue weighted by Gasteiger charge is 2.44. The third-order valence-corrected chi connectivity index (χ3v) is 5.57. The molecule has 6 heteroatoms. The van der Waals surface area contributed by atoms with Crippen LogP contribution in [0.3, 0.4) is 0 Å². The number of H-pyrrole nitrogens is 1. The molecule has 1 unspecified atom stereocenters. The Labute approximate surface area is 140 Å². The number of hydrogen-bond donors (Lipinski definition) is 1. The Morgan fingerprint density at radius 3 is 3.08 bits per heavy atom. The van der Waals surface area contributed by atoms with Crippen molar-refractivity contribution in [2.45, 2.75) is 44.6 Å². The molecule has 2 aromatic heterocycles. The number of aryl methyl sites for hydroxylation is 2. The van der Waals surface area contributed by atoms with Crippen molar-refractivity contribution < 1.29 is 4.79 Å². The van der Waals surface area contributed by atoms with Crippen molar-refractivity contribution in [1.29, 1.82) is 0 Å². The lowest BCUT2D eigenvalue weighted by molar-refractivity contribution is 0.0632. The van der Waals surface area contributed by atoms with Crippen molar-refractivity contribution >= 4 is 5.91 Å². The Kier molecular flexibility index (Phi) is 3.55. The van der Waals surface area contributed by atoms with Crippen LogP contribution in [0.1, 0.15) is 47.8 Å². The van der Waals surface area contributed by atoms with Crippen LogP contribution in [0, 0.1) is 0 Å². The third kappa shape index (κ3) is 2.28. The number of aromatic nitrogens is 3. The number of nitrogens with one attached hydrogen (secondary N) is 1. The van der Waals surface area contributed by atoms with E-state index in [9.17, 15) is 9.59 Å². The summed E-state index contributed by atoms with van der Waals surface area (Å²) >= 11 is 0. The van der Waals surface area contributed by atoms with Crippen molar-refractivity contribution in [3.63, 3.8) is 0 Å². The second-order valence-corrected chi connectivity index (χ2v) is 6.92. The molecule has 1 N–H and O–H groups in total. The van der Waals surface area contributed by atoms with Gasteiger partial charge in [0.15, 0.2) is 0 Å². The number of amides is 1. The largest absolute Gasteiger partial charge is 0.338 e. The van der Waals surface area contributed by atoms with E-state index in [0.29, 0.717) is 18.7 Å². The van der Waals surface area contributed by atoms with Crippen LogP contribution in [0.25, 0.3) is 0 Å². The topological polar surface area (TPSA) is 71.0 Å². The average Bonchev–Trinajstić information content (AvgIpc) is 3.19. The molecule has 1 atom stereocenters. The summed E-state index contributed by atoms with van der Waals surface area (Å²) in [7, 11) is 0. The molecule has 0 saturated carbocycles. The maximum Gasteiger partial charge on any atom is 0.254 e. The maximum absolute atomic E-state index is 12.9. The van der Waals surface area contributed by atoms with Crippen LogP contribution < -0.4 is 5.56 Å². The molecule has 2 aromatic rings. The predicted octanol–water partition coefficient (Wildman–Crippen LogP) is 1.71. The van der Waals surface area contributed by atoms with Crippen LogP contribution in [0.15, 0.2) is 29.3 Å². The van der Waals surface area contributed by atoms with E-state index in [1.807, 2.05) is 18.0 Å². The van der Waals surface area contributed by atoms with E-state index in [2.05, 4.69) is 10.2 Å². The molecule has 0 aromatic carbocycles. The van der Waals surface area contributed by atoms with Gasteiger partial charge in [0.25, 0.3) is 11.5 Å². The summed E-state index contributed by atoms with van der Waals surface area (Å²) in [6, 6.07) is 3.22. The molecule has 0 radical (unpaired) electrons. The number of aromatic amines is 1. The Balaban J connectivity index is 1.60. The Bertz CT molecular complexity index is 838. The van der Waals surface area contributed by atoms with Gasteiger partial charge in [0.05, 0.1) is 6.20 Å². The second-order valence-electron chi connectivity index (χ2n) is 6.92. The summed E-state index contributed by atoms with van der Waals surface area (Å²) in [5, 5.41) is 7.34. The van der Waals surface area contributed by atoms with Crippen LogP contribution in [-0.4, -0.2) is 38.7 Å².